The molecule has 0 spiro atoms. The summed E-state index contributed by atoms with van der Waals surface area (Å²) < 4.78 is 5.05. The van der Waals surface area contributed by atoms with Crippen LogP contribution in [0, 0.1) is 10.1 Å². The topological polar surface area (TPSA) is 110 Å². The minimum atomic E-state index is -1.33. The molecule has 0 aliphatic rings. The Morgan fingerprint density at radius 3 is 2.39 bits per heavy atom. The van der Waals surface area contributed by atoms with Crippen molar-refractivity contribution in [2.24, 2.45) is 0 Å². The minimum Gasteiger partial charge on any atom is -0.478 e. The molecule has 2 aromatic carbocycles. The van der Waals surface area contributed by atoms with Gasteiger partial charge in [-0.05, 0) is 24.5 Å². The molecule has 0 aromatic heterocycles. The molecule has 8 nitrogen and oxygen atoms in total. The van der Waals surface area contributed by atoms with Gasteiger partial charge < -0.3 is 14.7 Å². The predicted molar refractivity (Wildman–Crippen MR) is 103 cm³/mol. The van der Waals surface area contributed by atoms with Crippen LogP contribution in [0.4, 0.5) is 5.69 Å². The number of methoxy groups -OCH3 is 1. The van der Waals surface area contributed by atoms with Gasteiger partial charge in [0, 0.05) is 37.9 Å². The average Bonchev–Trinajstić information content (AvgIpc) is 2.70. The number of ether oxygens (including phenoxy) is 1. The van der Waals surface area contributed by atoms with Crippen molar-refractivity contribution in [1.82, 2.24) is 4.90 Å². The predicted octanol–water partition coefficient (Wildman–Crippen LogP) is 3.01. The molecule has 0 heterocycles. The molecule has 28 heavy (non-hydrogen) atoms. The minimum absolute atomic E-state index is 0.0255. The second-order valence-electron chi connectivity index (χ2n) is 6.20. The van der Waals surface area contributed by atoms with Crippen LogP contribution in [0.1, 0.15) is 32.7 Å². The van der Waals surface area contributed by atoms with Gasteiger partial charge in [0.2, 0.25) is 0 Å². The van der Waals surface area contributed by atoms with Crippen LogP contribution in [0.15, 0.2) is 48.5 Å². The average molecular weight is 386 g/mol. The maximum absolute atomic E-state index is 12.9. The van der Waals surface area contributed by atoms with E-state index in [9.17, 15) is 24.8 Å². The van der Waals surface area contributed by atoms with Gasteiger partial charge in [-0.15, -0.1) is 0 Å². The first kappa shape index (κ1) is 21.0. The first-order valence-corrected chi connectivity index (χ1v) is 8.77. The third kappa shape index (κ3) is 5.88. The third-order valence-electron chi connectivity index (χ3n) is 4.21. The number of hydrogen-bond acceptors (Lipinski definition) is 5. The Kier molecular flexibility index (Phi) is 7.65. The Bertz CT molecular complexity index is 806. The number of nitro benzene ring substituents is 1. The molecule has 0 atom stereocenters. The van der Waals surface area contributed by atoms with E-state index in [0.717, 1.165) is 30.2 Å². The number of carbonyl (C=O) groups excluding carboxylic acids is 1. The van der Waals surface area contributed by atoms with Crippen LogP contribution in [0.2, 0.25) is 0 Å². The fourth-order valence-corrected chi connectivity index (χ4v) is 2.78. The summed E-state index contributed by atoms with van der Waals surface area (Å²) in [6.45, 7) is 1.02. The zero-order valence-corrected chi connectivity index (χ0v) is 15.5. The summed E-state index contributed by atoms with van der Waals surface area (Å²) in [7, 11) is 1.52. The van der Waals surface area contributed by atoms with Crippen molar-refractivity contribution in [3.05, 3.63) is 75.3 Å². The summed E-state index contributed by atoms with van der Waals surface area (Å²) in [6, 6.07) is 13.0. The molecule has 148 valence electrons. The number of nitrogens with zero attached hydrogens (tertiary/aromatic N) is 2. The first-order valence-electron chi connectivity index (χ1n) is 8.77. The summed E-state index contributed by atoms with van der Waals surface area (Å²) in [6.07, 6.45) is 1.47. The number of carbonyl (C=O) groups is 2. The number of benzene rings is 2. The highest BCUT2D eigenvalue weighted by atomic mass is 16.6. The maximum Gasteiger partial charge on any atom is 0.335 e. The molecule has 1 amide bonds. The molecule has 0 aliphatic heterocycles. The van der Waals surface area contributed by atoms with E-state index in [-0.39, 0.29) is 11.1 Å². The van der Waals surface area contributed by atoms with Gasteiger partial charge >= 0.3 is 5.97 Å². The lowest BCUT2D eigenvalue weighted by Crippen LogP contribution is -2.35. The van der Waals surface area contributed by atoms with Crippen molar-refractivity contribution in [1.29, 1.82) is 0 Å². The molecule has 0 unspecified atom stereocenters. The lowest BCUT2D eigenvalue weighted by Gasteiger charge is -2.22. The first-order chi connectivity index (χ1) is 13.4. The summed E-state index contributed by atoms with van der Waals surface area (Å²) in [5.41, 5.74) is 0.389. The molecule has 0 saturated heterocycles. The number of amides is 1. The number of carboxylic acids is 1. The molecule has 0 saturated carbocycles. The zero-order valence-electron chi connectivity index (χ0n) is 15.5. The van der Waals surface area contributed by atoms with Crippen LogP contribution in [-0.4, -0.2) is 53.6 Å². The molecule has 1 N–H and O–H groups in total. The molecular formula is C20H22N2O6. The second kappa shape index (κ2) is 10.2. The van der Waals surface area contributed by atoms with Gasteiger partial charge in [-0.2, -0.15) is 0 Å². The SMILES string of the molecule is COCCN(CCCc1ccccc1)C(=O)c1cc(C(=O)O)cc([N+](=O)[O-])c1. The quantitative estimate of drug-likeness (QED) is 0.496. The van der Waals surface area contributed by atoms with E-state index < -0.39 is 22.5 Å². The number of aromatic carboxylic acids is 1. The number of hydrogen-bond donors (Lipinski definition) is 1. The summed E-state index contributed by atoms with van der Waals surface area (Å²) in [4.78, 5) is 36.1. The van der Waals surface area contributed by atoms with Crippen molar-refractivity contribution in [2.45, 2.75) is 12.8 Å². The highest BCUT2D eigenvalue weighted by Gasteiger charge is 2.21. The van der Waals surface area contributed by atoms with Gasteiger partial charge in [0.25, 0.3) is 11.6 Å². The lowest BCUT2D eigenvalue weighted by molar-refractivity contribution is -0.384. The Hall–Kier alpha value is -3.26. The Labute approximate surface area is 162 Å². The van der Waals surface area contributed by atoms with E-state index in [2.05, 4.69) is 0 Å². The van der Waals surface area contributed by atoms with E-state index in [1.807, 2.05) is 30.3 Å². The normalized spacial score (nSPS) is 10.5. The van der Waals surface area contributed by atoms with Crippen LogP contribution in [0.25, 0.3) is 0 Å². The lowest BCUT2D eigenvalue weighted by atomic mass is 10.1. The van der Waals surface area contributed by atoms with Gasteiger partial charge in [-0.25, -0.2) is 4.79 Å². The molecule has 2 aromatic rings. The zero-order chi connectivity index (χ0) is 20.5. The van der Waals surface area contributed by atoms with Crippen LogP contribution < -0.4 is 0 Å². The van der Waals surface area contributed by atoms with Crippen molar-refractivity contribution in [3.8, 4) is 0 Å². The van der Waals surface area contributed by atoms with Crippen molar-refractivity contribution < 1.29 is 24.4 Å². The number of non-ortho nitro benzene ring substituents is 1. The van der Waals surface area contributed by atoms with E-state index in [4.69, 9.17) is 4.74 Å². The molecule has 0 radical (unpaired) electrons. The van der Waals surface area contributed by atoms with Crippen molar-refractivity contribution in [3.63, 3.8) is 0 Å². The number of rotatable bonds is 10. The second-order valence-corrected chi connectivity index (χ2v) is 6.20. The third-order valence-corrected chi connectivity index (χ3v) is 4.21. The van der Waals surface area contributed by atoms with Gasteiger partial charge in [0.05, 0.1) is 17.1 Å². The maximum atomic E-state index is 12.9. The van der Waals surface area contributed by atoms with E-state index in [0.29, 0.717) is 26.1 Å². The Morgan fingerprint density at radius 1 is 1.11 bits per heavy atom. The van der Waals surface area contributed by atoms with Gasteiger partial charge in [-0.1, -0.05) is 30.3 Å². The van der Waals surface area contributed by atoms with Crippen LogP contribution in [0.3, 0.4) is 0 Å². The number of nitro groups is 1. The van der Waals surface area contributed by atoms with Crippen molar-refractivity contribution in [2.75, 3.05) is 26.8 Å². The Morgan fingerprint density at radius 2 is 1.79 bits per heavy atom. The summed E-state index contributed by atoms with van der Waals surface area (Å²) >= 11 is 0. The smallest absolute Gasteiger partial charge is 0.335 e. The van der Waals surface area contributed by atoms with E-state index in [1.54, 1.807) is 0 Å². The van der Waals surface area contributed by atoms with Gasteiger partial charge in [0.15, 0.2) is 0 Å². The van der Waals surface area contributed by atoms with Crippen LogP contribution >= 0.6 is 0 Å². The van der Waals surface area contributed by atoms with Crippen LogP contribution in [0.5, 0.6) is 0 Å². The monoisotopic (exact) mass is 386 g/mol. The molecule has 8 heteroatoms. The van der Waals surface area contributed by atoms with Crippen molar-refractivity contribution >= 4 is 17.6 Å². The molecule has 0 fully saturated rings. The number of aryl methyl sites for hydroxylation is 1. The highest BCUT2D eigenvalue weighted by molar-refractivity contribution is 5.98. The summed E-state index contributed by atoms with van der Waals surface area (Å²) in [5, 5.41) is 20.3. The largest absolute Gasteiger partial charge is 0.478 e. The Balaban J connectivity index is 2.19. The van der Waals surface area contributed by atoms with E-state index in [1.165, 1.54) is 12.0 Å². The fourth-order valence-electron chi connectivity index (χ4n) is 2.78. The molecule has 2 rings (SSSR count). The molecule has 0 bridgehead atoms. The summed E-state index contributed by atoms with van der Waals surface area (Å²) in [5.74, 6) is -1.79. The highest BCUT2D eigenvalue weighted by Crippen LogP contribution is 2.19. The standard InChI is InChI=1S/C20H22N2O6/c1-28-11-10-21(9-5-8-15-6-3-2-4-7-15)19(23)16-12-17(20(24)25)14-18(13-16)22(26)27/h2-4,6-7,12-14H,5,8-11H2,1H3,(H,24,25). The fraction of sp³-hybridized carbons (Fsp3) is 0.300. The number of carboxylic acid groups (broad SMARTS) is 1. The molecule has 0 aliphatic carbocycles. The molecular weight excluding hydrogens is 364 g/mol. The van der Waals surface area contributed by atoms with Gasteiger partial charge in [-0.3, -0.25) is 14.9 Å². The van der Waals surface area contributed by atoms with E-state index >= 15 is 0 Å². The van der Waals surface area contributed by atoms with Crippen LogP contribution in [-0.2, 0) is 11.2 Å². The van der Waals surface area contributed by atoms with Gasteiger partial charge in [0.1, 0.15) is 0 Å².